The molecule has 6 heteroatoms. The van der Waals surface area contributed by atoms with Crippen molar-refractivity contribution in [3.05, 3.63) is 45.7 Å². The summed E-state index contributed by atoms with van der Waals surface area (Å²) in [5.74, 6) is 8.48. The molecule has 4 N–H and O–H groups in total. The number of nitrogens with two attached hydrogens (primary N) is 1. The average Bonchev–Trinajstić information content (AvgIpc) is 3.31. The molecule has 1 aliphatic rings. The first kappa shape index (κ1) is 14.3. The van der Waals surface area contributed by atoms with E-state index in [1.807, 2.05) is 19.1 Å². The molecule has 3 rings (SSSR count). The molecule has 1 aromatic heterocycles. The van der Waals surface area contributed by atoms with Crippen LogP contribution in [0.15, 0.2) is 28.7 Å². The van der Waals surface area contributed by atoms with Crippen LogP contribution in [-0.4, -0.2) is 9.97 Å². The number of hydrogen-bond donors (Lipinski definition) is 3. The van der Waals surface area contributed by atoms with Gasteiger partial charge in [0.2, 0.25) is 0 Å². The number of benzene rings is 1. The van der Waals surface area contributed by atoms with Crippen molar-refractivity contribution in [2.45, 2.75) is 32.2 Å². The van der Waals surface area contributed by atoms with Crippen molar-refractivity contribution in [3.8, 4) is 0 Å². The first-order valence-corrected chi connectivity index (χ1v) is 7.80. The van der Waals surface area contributed by atoms with E-state index in [-0.39, 0.29) is 0 Å². The third-order valence-electron chi connectivity index (χ3n) is 3.59. The van der Waals surface area contributed by atoms with Crippen LogP contribution in [0.5, 0.6) is 0 Å². The van der Waals surface area contributed by atoms with Gasteiger partial charge in [-0.3, -0.25) is 0 Å². The summed E-state index contributed by atoms with van der Waals surface area (Å²) in [7, 11) is 0. The SMILES string of the molecule is Cc1c(NN)nc(C2CC2)nc1NCc1cccc(Br)c1. The summed E-state index contributed by atoms with van der Waals surface area (Å²) < 4.78 is 1.07. The van der Waals surface area contributed by atoms with Crippen LogP contribution >= 0.6 is 15.9 Å². The van der Waals surface area contributed by atoms with E-state index in [9.17, 15) is 0 Å². The van der Waals surface area contributed by atoms with E-state index in [1.165, 1.54) is 5.56 Å². The zero-order chi connectivity index (χ0) is 14.8. The van der Waals surface area contributed by atoms with E-state index >= 15 is 0 Å². The molecule has 1 saturated carbocycles. The minimum absolute atomic E-state index is 0.490. The van der Waals surface area contributed by atoms with E-state index in [4.69, 9.17) is 5.84 Å². The third kappa shape index (κ3) is 3.33. The minimum atomic E-state index is 0.490. The Labute approximate surface area is 132 Å². The van der Waals surface area contributed by atoms with Crippen LogP contribution in [0.25, 0.3) is 0 Å². The molecule has 5 nitrogen and oxygen atoms in total. The lowest BCUT2D eigenvalue weighted by molar-refractivity contribution is 0.910. The van der Waals surface area contributed by atoms with Crippen molar-refractivity contribution in [1.29, 1.82) is 0 Å². The number of halogens is 1. The predicted octanol–water partition coefficient (Wildman–Crippen LogP) is 3.32. The summed E-state index contributed by atoms with van der Waals surface area (Å²) in [4.78, 5) is 9.14. The number of nitrogens with zero attached hydrogens (tertiary/aromatic N) is 2. The molecule has 0 aliphatic heterocycles. The molecule has 110 valence electrons. The Bertz CT molecular complexity index is 655. The van der Waals surface area contributed by atoms with Crippen LogP contribution in [0, 0.1) is 6.92 Å². The number of nitrogen functional groups attached to an aromatic ring is 1. The van der Waals surface area contributed by atoms with Crippen LogP contribution in [0.3, 0.4) is 0 Å². The van der Waals surface area contributed by atoms with Gasteiger partial charge in [0.25, 0.3) is 0 Å². The molecular weight excluding hydrogens is 330 g/mol. The highest BCUT2D eigenvalue weighted by molar-refractivity contribution is 9.10. The molecule has 0 radical (unpaired) electrons. The molecule has 1 heterocycles. The highest BCUT2D eigenvalue weighted by Crippen LogP contribution is 2.39. The monoisotopic (exact) mass is 347 g/mol. The molecule has 2 aromatic rings. The van der Waals surface area contributed by atoms with Gasteiger partial charge in [0.1, 0.15) is 17.5 Å². The van der Waals surface area contributed by atoms with E-state index in [1.54, 1.807) is 0 Å². The first-order chi connectivity index (χ1) is 10.2. The Hall–Kier alpha value is -1.66. The van der Waals surface area contributed by atoms with Crippen LogP contribution in [-0.2, 0) is 6.54 Å². The fourth-order valence-corrected chi connectivity index (χ4v) is 2.65. The fraction of sp³-hybridized carbons (Fsp3) is 0.333. The topological polar surface area (TPSA) is 75.9 Å². The highest BCUT2D eigenvalue weighted by Gasteiger charge is 2.28. The van der Waals surface area contributed by atoms with Gasteiger partial charge in [0.15, 0.2) is 0 Å². The third-order valence-corrected chi connectivity index (χ3v) is 4.08. The average molecular weight is 348 g/mol. The molecule has 1 aromatic carbocycles. The normalized spacial score (nSPS) is 14.0. The van der Waals surface area contributed by atoms with Gasteiger partial charge in [-0.2, -0.15) is 0 Å². The lowest BCUT2D eigenvalue weighted by Gasteiger charge is -2.13. The maximum absolute atomic E-state index is 5.56. The Morgan fingerprint density at radius 1 is 1.29 bits per heavy atom. The molecule has 0 spiro atoms. The standard InChI is InChI=1S/C15H18BrN5/c1-9-13(18-8-10-3-2-4-12(16)7-10)19-15(11-5-6-11)20-14(9)21-17/h2-4,7,11H,5-6,8,17H2,1H3,(H2,18,19,20,21). The lowest BCUT2D eigenvalue weighted by Crippen LogP contribution is -2.14. The molecule has 0 saturated heterocycles. The van der Waals surface area contributed by atoms with Crippen molar-refractivity contribution in [2.24, 2.45) is 5.84 Å². The Balaban J connectivity index is 1.82. The molecule has 0 bridgehead atoms. The van der Waals surface area contributed by atoms with E-state index in [0.29, 0.717) is 18.3 Å². The van der Waals surface area contributed by atoms with Crippen LogP contribution < -0.4 is 16.6 Å². The molecular formula is C15H18BrN5. The number of hydrazine groups is 1. The zero-order valence-corrected chi connectivity index (χ0v) is 13.4. The number of hydrogen-bond acceptors (Lipinski definition) is 5. The van der Waals surface area contributed by atoms with Crippen LogP contribution in [0.4, 0.5) is 11.6 Å². The van der Waals surface area contributed by atoms with Crippen molar-refractivity contribution in [1.82, 2.24) is 9.97 Å². The largest absolute Gasteiger partial charge is 0.366 e. The summed E-state index contributed by atoms with van der Waals surface area (Å²) in [6.07, 6.45) is 2.33. The van der Waals surface area contributed by atoms with Crippen molar-refractivity contribution >= 4 is 27.6 Å². The Kier molecular flexibility index (Phi) is 4.07. The van der Waals surface area contributed by atoms with Crippen molar-refractivity contribution in [2.75, 3.05) is 10.7 Å². The Morgan fingerprint density at radius 2 is 2.05 bits per heavy atom. The Morgan fingerprint density at radius 3 is 2.71 bits per heavy atom. The second-order valence-electron chi connectivity index (χ2n) is 5.31. The van der Waals surface area contributed by atoms with Gasteiger partial charge >= 0.3 is 0 Å². The number of rotatable bonds is 5. The van der Waals surface area contributed by atoms with Gasteiger partial charge in [-0.1, -0.05) is 28.1 Å². The van der Waals surface area contributed by atoms with Crippen molar-refractivity contribution in [3.63, 3.8) is 0 Å². The molecule has 21 heavy (non-hydrogen) atoms. The van der Waals surface area contributed by atoms with Crippen molar-refractivity contribution < 1.29 is 0 Å². The number of nitrogens with one attached hydrogen (secondary N) is 2. The second-order valence-corrected chi connectivity index (χ2v) is 6.22. The van der Waals surface area contributed by atoms with Gasteiger partial charge in [-0.05, 0) is 37.5 Å². The second kappa shape index (κ2) is 5.99. The lowest BCUT2D eigenvalue weighted by atomic mass is 10.2. The number of aromatic nitrogens is 2. The van der Waals surface area contributed by atoms with Gasteiger partial charge in [-0.15, -0.1) is 0 Å². The van der Waals surface area contributed by atoms with Crippen LogP contribution in [0.2, 0.25) is 0 Å². The fourth-order valence-electron chi connectivity index (χ4n) is 2.20. The van der Waals surface area contributed by atoms with E-state index in [2.05, 4.69) is 48.8 Å². The molecule has 1 fully saturated rings. The maximum atomic E-state index is 5.56. The van der Waals surface area contributed by atoms with Gasteiger partial charge < -0.3 is 10.7 Å². The number of anilines is 2. The maximum Gasteiger partial charge on any atom is 0.148 e. The van der Waals surface area contributed by atoms with E-state index in [0.717, 1.165) is 34.5 Å². The minimum Gasteiger partial charge on any atom is -0.366 e. The van der Waals surface area contributed by atoms with Gasteiger partial charge in [-0.25, -0.2) is 15.8 Å². The van der Waals surface area contributed by atoms with Gasteiger partial charge in [0.05, 0.1) is 0 Å². The summed E-state index contributed by atoms with van der Waals surface area (Å²) in [5.41, 5.74) is 4.80. The summed E-state index contributed by atoms with van der Waals surface area (Å²) in [6.45, 7) is 2.68. The quantitative estimate of drug-likeness (QED) is 0.571. The first-order valence-electron chi connectivity index (χ1n) is 7.01. The molecule has 0 unspecified atom stereocenters. The molecule has 0 atom stereocenters. The highest BCUT2D eigenvalue weighted by atomic mass is 79.9. The van der Waals surface area contributed by atoms with Crippen LogP contribution in [0.1, 0.15) is 35.7 Å². The summed E-state index contributed by atoms with van der Waals surface area (Å²) in [6, 6.07) is 8.21. The molecule has 0 amide bonds. The van der Waals surface area contributed by atoms with Gasteiger partial charge in [0, 0.05) is 22.5 Å². The predicted molar refractivity (Wildman–Crippen MR) is 88.0 cm³/mol. The van der Waals surface area contributed by atoms with E-state index < -0.39 is 0 Å². The molecule has 1 aliphatic carbocycles. The smallest absolute Gasteiger partial charge is 0.148 e. The summed E-state index contributed by atoms with van der Waals surface area (Å²) >= 11 is 3.48. The summed E-state index contributed by atoms with van der Waals surface area (Å²) in [5, 5.41) is 3.39. The zero-order valence-electron chi connectivity index (χ0n) is 11.9.